The van der Waals surface area contributed by atoms with Gasteiger partial charge in [0, 0.05) is 0 Å². The third kappa shape index (κ3) is 14.1. The van der Waals surface area contributed by atoms with Crippen LogP contribution in [0.25, 0.3) is 251 Å². The van der Waals surface area contributed by atoms with E-state index in [-0.39, 0.29) is 0 Å². The average molecular weight is 1650 g/mol. The molecule has 0 saturated heterocycles. The zero-order valence-electron chi connectivity index (χ0n) is 71.5. The molecule has 0 aliphatic carbocycles. The molecule has 0 fully saturated rings. The van der Waals surface area contributed by atoms with Crippen LogP contribution in [0.1, 0.15) is 0 Å². The first-order valence-electron chi connectivity index (χ1n) is 45.0. The summed E-state index contributed by atoms with van der Waals surface area (Å²) in [5.74, 6) is 0. The molecule has 0 heterocycles. The Bertz CT molecular complexity index is 8960. The Kier molecular flexibility index (Phi) is 19.4. The van der Waals surface area contributed by atoms with Gasteiger partial charge in [0.15, 0.2) is 0 Å². The van der Waals surface area contributed by atoms with Crippen molar-refractivity contribution >= 4 is 140 Å². The summed E-state index contributed by atoms with van der Waals surface area (Å²) in [4.78, 5) is 0. The van der Waals surface area contributed by atoms with Crippen molar-refractivity contribution in [2.24, 2.45) is 0 Å². The molecular weight excluding hydrogens is 1560 g/mol. The molecule has 0 aliphatic heterocycles. The van der Waals surface area contributed by atoms with Crippen LogP contribution in [-0.4, -0.2) is 0 Å². The molecule has 0 aromatic heterocycles. The number of hydrogen-bond donors (Lipinski definition) is 0. The van der Waals surface area contributed by atoms with Crippen LogP contribution in [0.15, 0.2) is 510 Å². The van der Waals surface area contributed by atoms with Crippen molar-refractivity contribution in [3.8, 4) is 111 Å². The maximum Gasteiger partial charge on any atom is -0.00259 e. The molecule has 0 spiro atoms. The summed E-state index contributed by atoms with van der Waals surface area (Å²) in [5, 5.41) is 32.9. The SMILES string of the molecule is c1ccc(-c2ccc(-c3ccc4c(-c5ccc6ccccc6c5)c5ccccc5c(-c5ccc6ccccc6c5)c4c3)cc2)cc1.c1ccc(-c2ccc3c(-c4ccc5ccccc5c4)c4ccccc4c(-c4ccc5ccccc5c4)c3c2)cc1.c1ccc2cc(-c3ccc4c(-c5ccc6ccccc6c5)c5ccccc5c(-c5ccc6ccccc6c5)c4c3)ccc2c1. The molecule has 0 bridgehead atoms. The average Bonchev–Trinajstić information content (AvgIpc) is 0.734. The minimum absolute atomic E-state index is 1.21. The molecule has 0 radical (unpaired) electrons. The first kappa shape index (κ1) is 76.7. The van der Waals surface area contributed by atoms with Gasteiger partial charge in [0.2, 0.25) is 0 Å². The second-order valence-electron chi connectivity index (χ2n) is 34.4. The predicted molar refractivity (Wildman–Crippen MR) is 561 cm³/mol. The van der Waals surface area contributed by atoms with E-state index in [9.17, 15) is 0 Å². The van der Waals surface area contributed by atoms with Crippen LogP contribution >= 0.6 is 0 Å². The van der Waals surface area contributed by atoms with E-state index in [1.54, 1.807) is 0 Å². The van der Waals surface area contributed by atoms with Gasteiger partial charge >= 0.3 is 0 Å². The quantitative estimate of drug-likeness (QED) is 0.120. The van der Waals surface area contributed by atoms with Crippen molar-refractivity contribution in [3.63, 3.8) is 0 Å². The molecule has 0 amide bonds. The molecule has 0 unspecified atom stereocenters. The Morgan fingerprint density at radius 2 is 0.208 bits per heavy atom. The summed E-state index contributed by atoms with van der Waals surface area (Å²) in [6, 6.07) is 187. The standard InChI is InChI=1S/C46H30.C44H28.C40H26/c1-2-10-31(11-3-1)34-18-20-35(21-19-34)38-26-27-43-44(30-38)46(40-25-23-33-13-5-7-15-37(33)29-40)42-17-9-8-16-41(42)45(43)39-24-22-32-12-4-6-14-36(32)28-39;1-4-12-32-25-35(20-17-29(32)9-1)36-23-24-41-42(28-36)44(38-22-19-31-11-3-6-14-34(31)27-38)40-16-8-7-15-39(40)43(41)37-21-18-30-10-2-5-13-33(30)26-37;1-2-10-27(11-3-1)32-22-23-37-38(26-32)40(34-21-19-29-13-5-7-15-31(29)25-34)36-17-9-8-16-35(36)39(37)33-20-18-28-12-4-6-14-30(28)24-33/h1-30H;1-28H;1-26H. The highest BCUT2D eigenvalue weighted by molar-refractivity contribution is 6.26. The smallest absolute Gasteiger partial charge is 0.00259 e. The van der Waals surface area contributed by atoms with Gasteiger partial charge in [0.25, 0.3) is 0 Å². The van der Waals surface area contributed by atoms with Crippen LogP contribution in [0.4, 0.5) is 0 Å². The molecule has 0 N–H and O–H groups in total. The van der Waals surface area contributed by atoms with Crippen LogP contribution in [0.3, 0.4) is 0 Å². The lowest BCUT2D eigenvalue weighted by Gasteiger charge is -2.19. The van der Waals surface area contributed by atoms with Gasteiger partial charge in [-0.05, 0) is 312 Å². The van der Waals surface area contributed by atoms with Crippen LogP contribution in [0.5, 0.6) is 0 Å². The van der Waals surface area contributed by atoms with Gasteiger partial charge < -0.3 is 0 Å². The summed E-state index contributed by atoms with van der Waals surface area (Å²) < 4.78 is 0. The van der Waals surface area contributed by atoms with E-state index >= 15 is 0 Å². The van der Waals surface area contributed by atoms with Crippen molar-refractivity contribution in [2.75, 3.05) is 0 Å². The number of fused-ring (bicyclic) bond motifs is 13. The highest BCUT2D eigenvalue weighted by Gasteiger charge is 2.24. The molecule has 604 valence electrons. The Hall–Kier alpha value is -16.9. The van der Waals surface area contributed by atoms with E-state index in [2.05, 4.69) is 510 Å². The minimum atomic E-state index is 1.21. The number of rotatable bonds is 10. The Balaban J connectivity index is 0.000000108. The normalized spacial score (nSPS) is 11.5. The highest BCUT2D eigenvalue weighted by atomic mass is 14.3. The summed E-state index contributed by atoms with van der Waals surface area (Å²) >= 11 is 0. The van der Waals surface area contributed by atoms with Gasteiger partial charge in [0.05, 0.1) is 0 Å². The van der Waals surface area contributed by atoms with E-state index in [4.69, 9.17) is 0 Å². The Morgan fingerprint density at radius 3 is 0.454 bits per heavy atom. The lowest BCUT2D eigenvalue weighted by molar-refractivity contribution is 1.60. The van der Waals surface area contributed by atoms with Gasteiger partial charge in [-0.1, -0.05) is 449 Å². The first-order chi connectivity index (χ1) is 64.4. The monoisotopic (exact) mass is 1640 g/mol. The lowest BCUT2D eigenvalue weighted by atomic mass is 9.84. The van der Waals surface area contributed by atoms with Crippen LogP contribution in [-0.2, 0) is 0 Å². The molecule has 26 aromatic carbocycles. The minimum Gasteiger partial charge on any atom is -0.0622 e. The van der Waals surface area contributed by atoms with Crippen LogP contribution in [0, 0.1) is 0 Å². The number of hydrogen-bond acceptors (Lipinski definition) is 0. The van der Waals surface area contributed by atoms with E-state index < -0.39 is 0 Å². The Labute approximate surface area is 755 Å². The Morgan fingerprint density at radius 1 is 0.0692 bits per heavy atom. The van der Waals surface area contributed by atoms with E-state index in [0.29, 0.717) is 0 Å². The van der Waals surface area contributed by atoms with E-state index in [1.807, 2.05) is 0 Å². The lowest BCUT2D eigenvalue weighted by Crippen LogP contribution is -1.92. The molecule has 0 atom stereocenters. The molecule has 0 saturated carbocycles. The fourth-order valence-electron chi connectivity index (χ4n) is 20.5. The molecule has 130 heavy (non-hydrogen) atoms. The van der Waals surface area contributed by atoms with Gasteiger partial charge in [-0.3, -0.25) is 0 Å². The zero-order valence-corrected chi connectivity index (χ0v) is 71.5. The van der Waals surface area contributed by atoms with Gasteiger partial charge in [-0.2, -0.15) is 0 Å². The fourth-order valence-corrected chi connectivity index (χ4v) is 20.5. The molecule has 26 aromatic rings. The van der Waals surface area contributed by atoms with Crippen molar-refractivity contribution in [3.05, 3.63) is 510 Å². The van der Waals surface area contributed by atoms with Crippen molar-refractivity contribution in [1.82, 2.24) is 0 Å². The van der Waals surface area contributed by atoms with E-state index in [0.717, 1.165) is 0 Å². The van der Waals surface area contributed by atoms with Crippen molar-refractivity contribution < 1.29 is 0 Å². The zero-order chi connectivity index (χ0) is 86.0. The van der Waals surface area contributed by atoms with Gasteiger partial charge in [0.1, 0.15) is 0 Å². The topological polar surface area (TPSA) is 0 Å². The molecule has 0 heteroatoms. The van der Waals surface area contributed by atoms with Crippen molar-refractivity contribution in [1.29, 1.82) is 0 Å². The number of benzene rings is 26. The first-order valence-corrected chi connectivity index (χ1v) is 45.0. The van der Waals surface area contributed by atoms with E-state index in [1.165, 1.54) is 251 Å². The van der Waals surface area contributed by atoms with Gasteiger partial charge in [-0.15, -0.1) is 0 Å². The maximum absolute atomic E-state index is 2.42. The molecule has 0 nitrogen and oxygen atoms in total. The molecule has 0 aliphatic rings. The largest absolute Gasteiger partial charge is 0.0622 e. The summed E-state index contributed by atoms with van der Waals surface area (Å²) in [7, 11) is 0. The fraction of sp³-hybridized carbons (Fsp3) is 0. The predicted octanol–water partition coefficient (Wildman–Crippen LogP) is 36.7. The van der Waals surface area contributed by atoms with Gasteiger partial charge in [-0.25, -0.2) is 0 Å². The van der Waals surface area contributed by atoms with Crippen LogP contribution < -0.4 is 0 Å². The summed E-state index contributed by atoms with van der Waals surface area (Å²) in [6.07, 6.45) is 0. The molecule has 26 rings (SSSR count). The van der Waals surface area contributed by atoms with Crippen molar-refractivity contribution in [2.45, 2.75) is 0 Å². The third-order valence-electron chi connectivity index (χ3n) is 26.8. The molecular formula is C130H84. The second kappa shape index (κ2) is 32.9. The third-order valence-corrected chi connectivity index (χ3v) is 26.8. The summed E-state index contributed by atoms with van der Waals surface area (Å²) in [6.45, 7) is 0. The maximum atomic E-state index is 2.42. The second-order valence-corrected chi connectivity index (χ2v) is 34.4. The summed E-state index contributed by atoms with van der Waals surface area (Å²) in [5.41, 5.74) is 25.0. The van der Waals surface area contributed by atoms with Crippen LogP contribution in [0.2, 0.25) is 0 Å². The highest BCUT2D eigenvalue weighted by Crippen LogP contribution is 2.51.